The van der Waals surface area contributed by atoms with Crippen molar-refractivity contribution < 1.29 is 13.9 Å². The summed E-state index contributed by atoms with van der Waals surface area (Å²) < 4.78 is 29.9. The van der Waals surface area contributed by atoms with Crippen molar-refractivity contribution in [1.29, 1.82) is 0 Å². The lowest BCUT2D eigenvalue weighted by atomic mass is 9.87. The van der Waals surface area contributed by atoms with Crippen molar-refractivity contribution in [3.05, 3.63) is 62.0 Å². The molecule has 2 saturated heterocycles. The first-order valence-electron chi connectivity index (χ1n) is 16.2. The molecular weight excluding hydrogens is 616 g/mol. The van der Waals surface area contributed by atoms with Crippen LogP contribution in [-0.4, -0.2) is 81.6 Å². The van der Waals surface area contributed by atoms with Crippen LogP contribution >= 0.6 is 23.2 Å². The van der Waals surface area contributed by atoms with E-state index in [-0.39, 0.29) is 5.54 Å². The normalized spacial score (nSPS) is 27.5. The van der Waals surface area contributed by atoms with Gasteiger partial charge in [-0.1, -0.05) is 35.3 Å². The largest absolute Gasteiger partial charge is 0.461 e. The number of hydrogen-bond donors (Lipinski definition) is 0. The maximum absolute atomic E-state index is 14.6. The summed E-state index contributed by atoms with van der Waals surface area (Å²) in [5, 5.41) is 6.37. The minimum Gasteiger partial charge on any atom is -0.461 e. The molecule has 45 heavy (non-hydrogen) atoms. The second-order valence-corrected chi connectivity index (χ2v) is 14.6. The first kappa shape index (κ1) is 29.9. The zero-order valence-electron chi connectivity index (χ0n) is 26.0. The van der Waals surface area contributed by atoms with Crippen molar-refractivity contribution in [1.82, 2.24) is 29.5 Å². The number of rotatable bonds is 6. The average Bonchev–Trinajstić information content (AvgIpc) is 3.68. The van der Waals surface area contributed by atoms with Gasteiger partial charge >= 0.3 is 6.01 Å². The lowest BCUT2D eigenvalue weighted by molar-refractivity contribution is -0.0730. The highest BCUT2D eigenvalue weighted by atomic mass is 35.5. The van der Waals surface area contributed by atoms with Crippen LogP contribution in [-0.2, 0) is 49.4 Å². The van der Waals surface area contributed by atoms with E-state index >= 15 is 0 Å². The lowest BCUT2D eigenvalue weighted by Crippen LogP contribution is -2.43. The van der Waals surface area contributed by atoms with Gasteiger partial charge in [-0.25, -0.2) is 4.39 Å². The van der Waals surface area contributed by atoms with E-state index in [4.69, 9.17) is 47.7 Å². The SMILES string of the molecule is CN(C)Cc1nn2c(c1Cl)CN(c1nc(OC[C@@]34CCCN3C[C@H](F)C4)nc3c1CO[C@@]1(CCc4c(Cl)cccc41)C3)CCC2. The Morgan fingerprint density at radius 2 is 2.00 bits per heavy atom. The van der Waals surface area contributed by atoms with Crippen molar-refractivity contribution >= 4 is 29.0 Å². The van der Waals surface area contributed by atoms with Crippen LogP contribution in [0.3, 0.4) is 0 Å². The molecule has 1 aromatic carbocycles. The van der Waals surface area contributed by atoms with Crippen LogP contribution in [0.4, 0.5) is 10.2 Å². The minimum absolute atomic E-state index is 0.282. The molecule has 8 rings (SSSR count). The number of alkyl halides is 1. The molecule has 3 aromatic rings. The molecule has 240 valence electrons. The number of hydrogen-bond acceptors (Lipinski definition) is 8. The van der Waals surface area contributed by atoms with E-state index < -0.39 is 11.8 Å². The molecule has 1 aliphatic carbocycles. The van der Waals surface area contributed by atoms with Gasteiger partial charge in [-0.2, -0.15) is 15.1 Å². The quantitative estimate of drug-likeness (QED) is 0.353. The number of ether oxygens (including phenoxy) is 2. The fraction of sp³-hybridized carbons (Fsp3) is 0.606. The predicted molar refractivity (Wildman–Crippen MR) is 171 cm³/mol. The van der Waals surface area contributed by atoms with Crippen LogP contribution < -0.4 is 9.64 Å². The van der Waals surface area contributed by atoms with Crippen LogP contribution in [0.1, 0.15) is 65.9 Å². The molecule has 6 heterocycles. The molecule has 5 aliphatic rings. The number of benzene rings is 1. The summed E-state index contributed by atoms with van der Waals surface area (Å²) in [6, 6.07) is 6.46. The van der Waals surface area contributed by atoms with Gasteiger partial charge in [0.05, 0.1) is 46.4 Å². The van der Waals surface area contributed by atoms with Crippen LogP contribution in [0.2, 0.25) is 10.0 Å². The van der Waals surface area contributed by atoms with Crippen molar-refractivity contribution in [3.8, 4) is 6.01 Å². The number of aryl methyl sites for hydroxylation is 1. The van der Waals surface area contributed by atoms with Crippen LogP contribution in [0.15, 0.2) is 18.2 Å². The van der Waals surface area contributed by atoms with E-state index in [1.165, 1.54) is 5.56 Å². The standard InChI is InChI=1S/C33H40Cl2FN7O2/c1-40(2)17-27-29(35)28-18-41(11-5-13-43(28)39-27)30-23-19-45-33(10-8-22-24(33)6-3-7-25(22)34)15-26(23)37-31(38-30)44-20-32-9-4-12-42(32)16-21(36)14-32/h3,6-7,21H,4-5,8-20H2,1-2H3/t21-,32+,33+/m1/s1. The smallest absolute Gasteiger partial charge is 0.318 e. The number of anilines is 1. The molecule has 0 bridgehead atoms. The molecule has 0 unspecified atom stereocenters. The zero-order chi connectivity index (χ0) is 30.9. The van der Waals surface area contributed by atoms with E-state index in [0.29, 0.717) is 56.7 Å². The van der Waals surface area contributed by atoms with Gasteiger partial charge in [-0.3, -0.25) is 9.58 Å². The van der Waals surface area contributed by atoms with E-state index in [1.807, 2.05) is 26.2 Å². The number of fused-ring (bicyclic) bond motifs is 5. The van der Waals surface area contributed by atoms with Gasteiger partial charge in [0, 0.05) is 49.6 Å². The Labute approximate surface area is 273 Å². The second-order valence-electron chi connectivity index (χ2n) is 13.8. The maximum atomic E-state index is 14.6. The highest BCUT2D eigenvalue weighted by molar-refractivity contribution is 6.32. The van der Waals surface area contributed by atoms with Gasteiger partial charge in [-0.05, 0) is 69.9 Å². The van der Waals surface area contributed by atoms with Crippen LogP contribution in [0.5, 0.6) is 6.01 Å². The van der Waals surface area contributed by atoms with Crippen molar-refractivity contribution in [2.45, 2.75) is 88.5 Å². The third-order valence-corrected chi connectivity index (χ3v) is 11.4. The molecule has 9 nitrogen and oxygen atoms in total. The molecule has 2 fully saturated rings. The van der Waals surface area contributed by atoms with Gasteiger partial charge in [0.2, 0.25) is 0 Å². The summed E-state index contributed by atoms with van der Waals surface area (Å²) in [7, 11) is 4.05. The highest BCUT2D eigenvalue weighted by Crippen LogP contribution is 2.49. The van der Waals surface area contributed by atoms with Crippen molar-refractivity contribution in [3.63, 3.8) is 0 Å². The van der Waals surface area contributed by atoms with Gasteiger partial charge in [0.25, 0.3) is 0 Å². The van der Waals surface area contributed by atoms with E-state index in [1.54, 1.807) is 0 Å². The van der Waals surface area contributed by atoms with Crippen molar-refractivity contribution in [2.24, 2.45) is 0 Å². The Hall–Kier alpha value is -2.50. The summed E-state index contributed by atoms with van der Waals surface area (Å²) in [6.45, 7) is 5.02. The average molecular weight is 657 g/mol. The molecule has 0 N–H and O–H groups in total. The lowest BCUT2D eigenvalue weighted by Gasteiger charge is -2.37. The summed E-state index contributed by atoms with van der Waals surface area (Å²) >= 11 is 13.6. The maximum Gasteiger partial charge on any atom is 0.318 e. The van der Waals surface area contributed by atoms with E-state index in [9.17, 15) is 4.39 Å². The molecule has 12 heteroatoms. The molecule has 0 radical (unpaired) electrons. The molecule has 3 atom stereocenters. The van der Waals surface area contributed by atoms with Crippen molar-refractivity contribution in [2.75, 3.05) is 45.2 Å². The Morgan fingerprint density at radius 3 is 2.87 bits per heavy atom. The first-order valence-corrected chi connectivity index (χ1v) is 17.0. The number of nitrogens with zero attached hydrogens (tertiary/aromatic N) is 7. The Bertz CT molecular complexity index is 1630. The van der Waals surface area contributed by atoms with Gasteiger partial charge in [0.1, 0.15) is 18.6 Å². The molecule has 0 amide bonds. The third-order valence-electron chi connectivity index (χ3n) is 10.6. The van der Waals surface area contributed by atoms with Gasteiger partial charge in [-0.15, -0.1) is 0 Å². The minimum atomic E-state index is -0.815. The third kappa shape index (κ3) is 5.12. The first-order chi connectivity index (χ1) is 21.7. The fourth-order valence-electron chi connectivity index (χ4n) is 8.45. The van der Waals surface area contributed by atoms with Crippen LogP contribution in [0.25, 0.3) is 0 Å². The molecule has 4 aliphatic heterocycles. The van der Waals surface area contributed by atoms with Gasteiger partial charge in [0.15, 0.2) is 0 Å². The van der Waals surface area contributed by atoms with Gasteiger partial charge < -0.3 is 19.3 Å². The molecular formula is C33H40Cl2FN7O2. The fourth-order valence-corrected chi connectivity index (χ4v) is 8.97. The zero-order valence-corrected chi connectivity index (χ0v) is 27.5. The number of halogens is 3. The Balaban J connectivity index is 1.16. The monoisotopic (exact) mass is 655 g/mol. The van der Waals surface area contributed by atoms with Crippen LogP contribution in [0, 0.1) is 0 Å². The molecule has 2 aromatic heterocycles. The Kier molecular flexibility index (Phi) is 7.52. The number of aromatic nitrogens is 4. The van der Waals surface area contributed by atoms with E-state index in [2.05, 4.69) is 25.4 Å². The predicted octanol–water partition coefficient (Wildman–Crippen LogP) is 5.32. The topological polar surface area (TPSA) is 71.8 Å². The summed E-state index contributed by atoms with van der Waals surface area (Å²) in [6.07, 6.45) is 4.92. The summed E-state index contributed by atoms with van der Waals surface area (Å²) in [4.78, 5) is 16.8. The Morgan fingerprint density at radius 1 is 1.11 bits per heavy atom. The summed E-state index contributed by atoms with van der Waals surface area (Å²) in [5.41, 5.74) is 5.38. The molecule has 0 saturated carbocycles. The molecule has 1 spiro atoms. The van der Waals surface area contributed by atoms with E-state index in [0.717, 1.165) is 90.8 Å². The highest BCUT2D eigenvalue weighted by Gasteiger charge is 2.50. The second kappa shape index (κ2) is 11.3. The summed E-state index contributed by atoms with van der Waals surface area (Å²) in [5.74, 6) is 0.824.